The molecule has 0 aliphatic carbocycles. The van der Waals surface area contributed by atoms with Crippen LogP contribution in [-0.2, 0) is 16.0 Å². The van der Waals surface area contributed by atoms with Gasteiger partial charge in [0.25, 0.3) is 11.8 Å². The maximum Gasteiger partial charge on any atom is 0.278 e. The second-order valence-corrected chi connectivity index (χ2v) is 7.05. The molecule has 0 N–H and O–H groups in total. The molecule has 0 bridgehead atoms. The average molecular weight is 346 g/mol. The summed E-state index contributed by atoms with van der Waals surface area (Å²) in [7, 11) is 0. The van der Waals surface area contributed by atoms with E-state index in [9.17, 15) is 9.59 Å². The van der Waals surface area contributed by atoms with Gasteiger partial charge < -0.3 is 4.90 Å². The smallest absolute Gasteiger partial charge is 0.278 e. The molecule has 4 heteroatoms. The zero-order valence-corrected chi connectivity index (χ0v) is 15.1. The normalized spacial score (nSPS) is 17.3. The van der Waals surface area contributed by atoms with Gasteiger partial charge in [-0.2, -0.15) is 0 Å². The summed E-state index contributed by atoms with van der Waals surface area (Å²) in [5, 5.41) is 0. The van der Waals surface area contributed by atoms with Crippen molar-refractivity contribution in [2.45, 2.75) is 32.7 Å². The average Bonchev–Trinajstić information content (AvgIpc) is 2.92. The van der Waals surface area contributed by atoms with Crippen molar-refractivity contribution in [3.05, 3.63) is 71.4 Å². The van der Waals surface area contributed by atoms with Gasteiger partial charge in [0, 0.05) is 18.3 Å². The van der Waals surface area contributed by atoms with E-state index >= 15 is 0 Å². The van der Waals surface area contributed by atoms with Crippen molar-refractivity contribution in [3.8, 4) is 0 Å². The van der Waals surface area contributed by atoms with Gasteiger partial charge in [0.15, 0.2) is 0 Å². The molecule has 2 heterocycles. The van der Waals surface area contributed by atoms with E-state index in [0.29, 0.717) is 11.3 Å². The van der Waals surface area contributed by atoms with Crippen molar-refractivity contribution >= 4 is 23.1 Å². The Labute approximate surface area is 153 Å². The Kier molecular flexibility index (Phi) is 4.11. The van der Waals surface area contributed by atoms with E-state index in [1.807, 2.05) is 67.3 Å². The van der Waals surface area contributed by atoms with E-state index in [0.717, 1.165) is 30.6 Å². The van der Waals surface area contributed by atoms with E-state index in [-0.39, 0.29) is 17.9 Å². The second kappa shape index (κ2) is 6.45. The van der Waals surface area contributed by atoms with Crippen LogP contribution in [0.4, 0.5) is 5.69 Å². The number of aryl methyl sites for hydroxylation is 1. The highest BCUT2D eigenvalue weighted by atomic mass is 16.2. The van der Waals surface area contributed by atoms with E-state index < -0.39 is 0 Å². The highest BCUT2D eigenvalue weighted by Gasteiger charge is 2.43. The standard InChI is InChI=1S/C22H22N2O2/c1-15(2)24-21(25)19(17-10-4-3-5-11-17)20(22(24)26)23-14-8-12-16-9-6-7-13-18(16)23/h3-7,9-11,13,15H,8,12,14H2,1-2H3. The Morgan fingerprint density at radius 3 is 2.31 bits per heavy atom. The molecule has 132 valence electrons. The zero-order valence-electron chi connectivity index (χ0n) is 15.1. The van der Waals surface area contributed by atoms with Crippen LogP contribution in [0.25, 0.3) is 5.57 Å². The molecule has 0 fully saturated rings. The van der Waals surface area contributed by atoms with Crippen LogP contribution >= 0.6 is 0 Å². The highest BCUT2D eigenvalue weighted by molar-refractivity contribution is 6.36. The van der Waals surface area contributed by atoms with E-state index in [1.165, 1.54) is 10.5 Å². The predicted molar refractivity (Wildman–Crippen MR) is 102 cm³/mol. The minimum atomic E-state index is -0.200. The van der Waals surface area contributed by atoms with Gasteiger partial charge in [-0.1, -0.05) is 48.5 Å². The molecular formula is C22H22N2O2. The lowest BCUT2D eigenvalue weighted by Crippen LogP contribution is -2.40. The van der Waals surface area contributed by atoms with Gasteiger partial charge in [-0.05, 0) is 43.9 Å². The molecule has 2 amide bonds. The van der Waals surface area contributed by atoms with Gasteiger partial charge in [0.1, 0.15) is 5.70 Å². The number of hydrogen-bond donors (Lipinski definition) is 0. The summed E-state index contributed by atoms with van der Waals surface area (Å²) in [5.41, 5.74) is 4.09. The number of benzene rings is 2. The largest absolute Gasteiger partial charge is 0.336 e. The lowest BCUT2D eigenvalue weighted by Gasteiger charge is -2.32. The SMILES string of the molecule is CC(C)N1C(=O)C(c2ccccc2)=C(N2CCCc3ccccc32)C1=O. The Morgan fingerprint density at radius 2 is 1.58 bits per heavy atom. The fraction of sp³-hybridized carbons (Fsp3) is 0.273. The Balaban J connectivity index is 1.92. The Morgan fingerprint density at radius 1 is 0.885 bits per heavy atom. The van der Waals surface area contributed by atoms with Crippen molar-refractivity contribution < 1.29 is 9.59 Å². The quantitative estimate of drug-likeness (QED) is 0.797. The van der Waals surface area contributed by atoms with Crippen LogP contribution in [0, 0.1) is 0 Å². The summed E-state index contributed by atoms with van der Waals surface area (Å²) in [4.78, 5) is 29.8. The first-order valence-electron chi connectivity index (χ1n) is 9.12. The van der Waals surface area contributed by atoms with Crippen LogP contribution in [0.1, 0.15) is 31.4 Å². The summed E-state index contributed by atoms with van der Waals surface area (Å²) in [6.45, 7) is 4.50. The predicted octanol–water partition coefficient (Wildman–Crippen LogP) is 3.63. The first kappa shape index (κ1) is 16.6. The molecule has 2 aromatic rings. The maximum atomic E-state index is 13.3. The van der Waals surface area contributed by atoms with Crippen LogP contribution in [0.3, 0.4) is 0 Å². The van der Waals surface area contributed by atoms with Crippen LogP contribution in [0.15, 0.2) is 60.3 Å². The van der Waals surface area contributed by atoms with Crippen LogP contribution in [-0.4, -0.2) is 29.3 Å². The molecule has 0 unspecified atom stereocenters. The fourth-order valence-corrected chi connectivity index (χ4v) is 3.89. The molecule has 2 aliphatic rings. The number of imide groups is 1. The summed E-state index contributed by atoms with van der Waals surface area (Å²) >= 11 is 0. The van der Waals surface area contributed by atoms with Crippen LogP contribution in [0.2, 0.25) is 0 Å². The molecule has 0 saturated heterocycles. The Hall–Kier alpha value is -2.88. The molecule has 0 spiro atoms. The number of hydrogen-bond acceptors (Lipinski definition) is 3. The second-order valence-electron chi connectivity index (χ2n) is 7.05. The van der Waals surface area contributed by atoms with Crippen molar-refractivity contribution in [2.24, 2.45) is 0 Å². The molecule has 0 aromatic heterocycles. The first-order chi connectivity index (χ1) is 12.6. The maximum absolute atomic E-state index is 13.3. The molecule has 0 atom stereocenters. The van der Waals surface area contributed by atoms with Crippen molar-refractivity contribution in [1.82, 2.24) is 4.90 Å². The monoisotopic (exact) mass is 346 g/mol. The fourth-order valence-electron chi connectivity index (χ4n) is 3.89. The third-order valence-corrected chi connectivity index (χ3v) is 5.05. The molecule has 0 radical (unpaired) electrons. The summed E-state index contributed by atoms with van der Waals surface area (Å²) in [6, 6.07) is 17.5. The van der Waals surface area contributed by atoms with Gasteiger partial charge in [-0.15, -0.1) is 0 Å². The number of anilines is 1. The van der Waals surface area contributed by atoms with Gasteiger partial charge in [0.2, 0.25) is 0 Å². The molecule has 2 aliphatic heterocycles. The third kappa shape index (κ3) is 2.53. The van der Waals surface area contributed by atoms with Crippen molar-refractivity contribution in [3.63, 3.8) is 0 Å². The molecule has 2 aromatic carbocycles. The van der Waals surface area contributed by atoms with Gasteiger partial charge >= 0.3 is 0 Å². The zero-order chi connectivity index (χ0) is 18.3. The van der Waals surface area contributed by atoms with E-state index in [1.54, 1.807) is 0 Å². The number of fused-ring (bicyclic) bond motifs is 1. The molecule has 26 heavy (non-hydrogen) atoms. The lowest BCUT2D eigenvalue weighted by molar-refractivity contribution is -0.138. The van der Waals surface area contributed by atoms with Gasteiger partial charge in [-0.3, -0.25) is 14.5 Å². The third-order valence-electron chi connectivity index (χ3n) is 5.05. The molecule has 4 nitrogen and oxygen atoms in total. The van der Waals surface area contributed by atoms with E-state index in [4.69, 9.17) is 0 Å². The minimum Gasteiger partial charge on any atom is -0.336 e. The first-order valence-corrected chi connectivity index (χ1v) is 9.12. The highest BCUT2D eigenvalue weighted by Crippen LogP contribution is 2.38. The number of para-hydroxylation sites is 1. The number of carbonyl (C=O) groups excluding carboxylic acids is 2. The topological polar surface area (TPSA) is 40.6 Å². The number of amides is 2. The van der Waals surface area contributed by atoms with Gasteiger partial charge in [-0.25, -0.2) is 0 Å². The summed E-state index contributed by atoms with van der Waals surface area (Å²) in [5.74, 6) is -0.394. The van der Waals surface area contributed by atoms with Crippen LogP contribution < -0.4 is 4.90 Å². The Bertz CT molecular complexity index is 899. The van der Waals surface area contributed by atoms with Crippen LogP contribution in [0.5, 0.6) is 0 Å². The van der Waals surface area contributed by atoms with Gasteiger partial charge in [0.05, 0.1) is 5.57 Å². The minimum absolute atomic E-state index is 0.175. The number of carbonyl (C=O) groups is 2. The van der Waals surface area contributed by atoms with E-state index in [2.05, 4.69) is 6.07 Å². The molecule has 4 rings (SSSR count). The van der Waals surface area contributed by atoms with Crippen molar-refractivity contribution in [2.75, 3.05) is 11.4 Å². The summed E-state index contributed by atoms with van der Waals surface area (Å²) in [6.07, 6.45) is 1.96. The lowest BCUT2D eigenvalue weighted by atomic mass is 9.98. The molecular weight excluding hydrogens is 324 g/mol. The molecule has 0 saturated carbocycles. The number of nitrogens with zero attached hydrogens (tertiary/aromatic N) is 2. The number of rotatable bonds is 3. The summed E-state index contributed by atoms with van der Waals surface area (Å²) < 4.78 is 0. The van der Waals surface area contributed by atoms with Crippen molar-refractivity contribution in [1.29, 1.82) is 0 Å².